The van der Waals surface area contributed by atoms with E-state index in [1.807, 2.05) is 0 Å². The number of pyridine rings is 1. The molecule has 0 N–H and O–H groups in total. The number of carbonyl (C=O) groups excluding carboxylic acids is 1. The second-order valence-electron chi connectivity index (χ2n) is 6.31. The number of nitrogens with zero attached hydrogens (tertiary/aromatic N) is 2. The normalized spacial score (nSPS) is 17.4. The quantitative estimate of drug-likeness (QED) is 0.704. The lowest BCUT2D eigenvalue weighted by molar-refractivity contribution is -0.0401. The average Bonchev–Trinajstić information content (AvgIpc) is 2.65. The standard InChI is InChI=1S/C18H18Cl2N2O5S/c1-28(24,25)15-2-3-16(17(20)7-15)18(23)22-4-5-26-14(10-22)11-27-13-6-12(19)8-21-9-13/h2-3,6-9,14H,4-5,10-11H2,1H3. The Morgan fingerprint density at radius 2 is 2.11 bits per heavy atom. The van der Waals surface area contributed by atoms with Gasteiger partial charge in [-0.3, -0.25) is 9.78 Å². The zero-order valence-electron chi connectivity index (χ0n) is 15.0. The highest BCUT2D eigenvalue weighted by molar-refractivity contribution is 7.90. The molecule has 1 aliphatic rings. The molecule has 1 aromatic heterocycles. The van der Waals surface area contributed by atoms with Gasteiger partial charge in [-0.1, -0.05) is 23.2 Å². The number of amides is 1. The van der Waals surface area contributed by atoms with Crippen LogP contribution in [0.25, 0.3) is 0 Å². The third-order valence-corrected chi connectivity index (χ3v) is 5.77. The minimum absolute atomic E-state index is 0.0671. The van der Waals surface area contributed by atoms with Gasteiger partial charge in [0.05, 0.1) is 39.9 Å². The summed E-state index contributed by atoms with van der Waals surface area (Å²) in [6.07, 6.45) is 3.80. The van der Waals surface area contributed by atoms with Crippen molar-refractivity contribution in [3.05, 3.63) is 52.3 Å². The van der Waals surface area contributed by atoms with Crippen molar-refractivity contribution < 1.29 is 22.7 Å². The van der Waals surface area contributed by atoms with E-state index in [0.717, 1.165) is 6.26 Å². The smallest absolute Gasteiger partial charge is 0.255 e. The predicted octanol–water partition coefficient (Wildman–Crippen LogP) is 2.71. The van der Waals surface area contributed by atoms with Crippen molar-refractivity contribution in [2.75, 3.05) is 32.6 Å². The van der Waals surface area contributed by atoms with Gasteiger partial charge >= 0.3 is 0 Å². The first-order valence-electron chi connectivity index (χ1n) is 8.38. The fourth-order valence-electron chi connectivity index (χ4n) is 2.74. The van der Waals surface area contributed by atoms with E-state index in [1.165, 1.54) is 24.4 Å². The number of benzene rings is 1. The fourth-order valence-corrected chi connectivity index (χ4v) is 3.87. The van der Waals surface area contributed by atoms with Crippen LogP contribution in [-0.2, 0) is 14.6 Å². The van der Waals surface area contributed by atoms with Gasteiger partial charge < -0.3 is 14.4 Å². The summed E-state index contributed by atoms with van der Waals surface area (Å²) in [5.41, 5.74) is 0.245. The van der Waals surface area contributed by atoms with Gasteiger partial charge in [-0.05, 0) is 18.2 Å². The van der Waals surface area contributed by atoms with E-state index in [4.69, 9.17) is 32.7 Å². The van der Waals surface area contributed by atoms with Gasteiger partial charge in [0.25, 0.3) is 5.91 Å². The van der Waals surface area contributed by atoms with Gasteiger partial charge in [0, 0.05) is 25.1 Å². The van der Waals surface area contributed by atoms with Crippen molar-refractivity contribution in [2.45, 2.75) is 11.0 Å². The second kappa shape index (κ2) is 8.65. The van der Waals surface area contributed by atoms with Crippen LogP contribution in [0, 0.1) is 0 Å². The zero-order chi connectivity index (χ0) is 20.3. The van der Waals surface area contributed by atoms with Crippen LogP contribution in [0.5, 0.6) is 5.75 Å². The monoisotopic (exact) mass is 444 g/mol. The van der Waals surface area contributed by atoms with Gasteiger partial charge in [-0.25, -0.2) is 8.42 Å². The van der Waals surface area contributed by atoms with Crippen molar-refractivity contribution in [1.29, 1.82) is 0 Å². The van der Waals surface area contributed by atoms with Crippen LogP contribution in [0.4, 0.5) is 0 Å². The summed E-state index contributed by atoms with van der Waals surface area (Å²) in [7, 11) is -3.40. The van der Waals surface area contributed by atoms with E-state index in [2.05, 4.69) is 4.98 Å². The van der Waals surface area contributed by atoms with E-state index in [-0.39, 0.29) is 34.1 Å². The molecule has 1 saturated heterocycles. The molecule has 0 aliphatic carbocycles. The molecule has 150 valence electrons. The molecule has 2 aromatic rings. The van der Waals surface area contributed by atoms with Gasteiger partial charge in [-0.15, -0.1) is 0 Å². The lowest BCUT2D eigenvalue weighted by Gasteiger charge is -2.33. The van der Waals surface area contributed by atoms with Crippen LogP contribution >= 0.6 is 23.2 Å². The lowest BCUT2D eigenvalue weighted by Crippen LogP contribution is -2.47. The molecule has 2 heterocycles. The first-order valence-corrected chi connectivity index (χ1v) is 11.0. The number of carbonyl (C=O) groups is 1. The van der Waals surface area contributed by atoms with Crippen LogP contribution in [0.15, 0.2) is 41.6 Å². The van der Waals surface area contributed by atoms with Crippen LogP contribution in [0.1, 0.15) is 10.4 Å². The highest BCUT2D eigenvalue weighted by atomic mass is 35.5. The Bertz CT molecular complexity index is 984. The Morgan fingerprint density at radius 1 is 1.32 bits per heavy atom. The third kappa shape index (κ3) is 5.14. The molecular formula is C18H18Cl2N2O5S. The summed E-state index contributed by atoms with van der Waals surface area (Å²) in [6.45, 7) is 1.30. The summed E-state index contributed by atoms with van der Waals surface area (Å²) in [5, 5.41) is 0.559. The molecule has 1 atom stereocenters. The number of ether oxygens (including phenoxy) is 2. The molecule has 0 spiro atoms. The third-order valence-electron chi connectivity index (χ3n) is 4.14. The van der Waals surface area contributed by atoms with E-state index in [9.17, 15) is 13.2 Å². The fraction of sp³-hybridized carbons (Fsp3) is 0.333. The van der Waals surface area contributed by atoms with Crippen molar-refractivity contribution >= 4 is 38.9 Å². The Labute approximate surface area is 173 Å². The first-order chi connectivity index (χ1) is 13.2. The molecule has 1 fully saturated rings. The molecule has 3 rings (SSSR count). The van der Waals surface area contributed by atoms with Gasteiger partial charge in [0.15, 0.2) is 9.84 Å². The van der Waals surface area contributed by atoms with Crippen molar-refractivity contribution in [3.8, 4) is 5.75 Å². The average molecular weight is 445 g/mol. The van der Waals surface area contributed by atoms with Crippen LogP contribution in [0.3, 0.4) is 0 Å². The summed E-state index contributed by atoms with van der Waals surface area (Å²) in [4.78, 5) is 18.4. The predicted molar refractivity (Wildman–Crippen MR) is 105 cm³/mol. The highest BCUT2D eigenvalue weighted by Gasteiger charge is 2.27. The summed E-state index contributed by atoms with van der Waals surface area (Å²) in [5.74, 6) is 0.224. The highest BCUT2D eigenvalue weighted by Crippen LogP contribution is 2.23. The SMILES string of the molecule is CS(=O)(=O)c1ccc(C(=O)N2CCOC(COc3cncc(Cl)c3)C2)c(Cl)c1. The first kappa shape index (κ1) is 20.9. The Kier molecular flexibility index (Phi) is 6.44. The summed E-state index contributed by atoms with van der Waals surface area (Å²) < 4.78 is 34.5. The topological polar surface area (TPSA) is 85.8 Å². The molecule has 0 saturated carbocycles. The molecule has 28 heavy (non-hydrogen) atoms. The molecule has 1 unspecified atom stereocenters. The number of halogens is 2. The van der Waals surface area contributed by atoms with E-state index in [1.54, 1.807) is 17.2 Å². The molecule has 1 aromatic carbocycles. The van der Waals surface area contributed by atoms with E-state index < -0.39 is 9.84 Å². The molecule has 10 heteroatoms. The number of hydrogen-bond acceptors (Lipinski definition) is 6. The lowest BCUT2D eigenvalue weighted by atomic mass is 10.1. The molecule has 7 nitrogen and oxygen atoms in total. The molecule has 1 aliphatic heterocycles. The molecular weight excluding hydrogens is 427 g/mol. The second-order valence-corrected chi connectivity index (χ2v) is 9.17. The van der Waals surface area contributed by atoms with Gasteiger partial charge in [-0.2, -0.15) is 0 Å². The number of hydrogen-bond donors (Lipinski definition) is 0. The zero-order valence-corrected chi connectivity index (χ0v) is 17.3. The Morgan fingerprint density at radius 3 is 2.79 bits per heavy atom. The van der Waals surface area contributed by atoms with Crippen molar-refractivity contribution in [2.24, 2.45) is 0 Å². The van der Waals surface area contributed by atoms with E-state index in [0.29, 0.717) is 30.5 Å². The number of aromatic nitrogens is 1. The van der Waals surface area contributed by atoms with Crippen LogP contribution < -0.4 is 4.74 Å². The Balaban J connectivity index is 1.66. The summed E-state index contributed by atoms with van der Waals surface area (Å²) >= 11 is 12.0. The number of rotatable bonds is 5. The summed E-state index contributed by atoms with van der Waals surface area (Å²) in [6, 6.07) is 5.74. The number of sulfone groups is 1. The molecule has 0 bridgehead atoms. The molecule has 1 amide bonds. The maximum Gasteiger partial charge on any atom is 0.255 e. The Hall–Kier alpha value is -1.87. The van der Waals surface area contributed by atoms with Gasteiger partial charge in [0.2, 0.25) is 0 Å². The molecule has 0 radical (unpaired) electrons. The maximum absolute atomic E-state index is 12.8. The minimum atomic E-state index is -3.40. The van der Waals surface area contributed by atoms with Crippen molar-refractivity contribution in [1.82, 2.24) is 9.88 Å². The van der Waals surface area contributed by atoms with Crippen LogP contribution in [0.2, 0.25) is 10.0 Å². The van der Waals surface area contributed by atoms with E-state index >= 15 is 0 Å². The number of morpholine rings is 1. The minimum Gasteiger partial charge on any atom is -0.489 e. The maximum atomic E-state index is 12.8. The van der Waals surface area contributed by atoms with Crippen molar-refractivity contribution in [3.63, 3.8) is 0 Å². The largest absolute Gasteiger partial charge is 0.489 e. The van der Waals surface area contributed by atoms with Crippen LogP contribution in [-0.4, -0.2) is 62.9 Å². The van der Waals surface area contributed by atoms with Gasteiger partial charge in [0.1, 0.15) is 18.5 Å².